The first kappa shape index (κ1) is 6.88. The summed E-state index contributed by atoms with van der Waals surface area (Å²) in [6, 6.07) is 0. The Kier molecular flexibility index (Phi) is 2.91. The molecule has 0 saturated heterocycles. The van der Waals surface area contributed by atoms with E-state index >= 15 is 0 Å². The molecule has 0 aromatic carbocycles. The van der Waals surface area contributed by atoms with Gasteiger partial charge in [-0.3, -0.25) is 4.90 Å². The Morgan fingerprint density at radius 3 is 2.00 bits per heavy atom. The summed E-state index contributed by atoms with van der Waals surface area (Å²) >= 11 is 0. The largest absolute Gasteiger partial charge is 0.341 e. The van der Waals surface area contributed by atoms with Crippen molar-refractivity contribution in [2.75, 3.05) is 21.2 Å². The molecule has 0 aliphatic carbocycles. The quantitative estimate of drug-likeness (QED) is 0.458. The third-order valence-corrected chi connectivity index (χ3v) is 0.623. The van der Waals surface area contributed by atoms with Gasteiger partial charge in [-0.1, -0.05) is 0 Å². The van der Waals surface area contributed by atoms with E-state index in [-0.39, 0.29) is 0 Å². The van der Waals surface area contributed by atoms with Gasteiger partial charge >= 0.3 is 0 Å². The average molecular weight is 104 g/mol. The van der Waals surface area contributed by atoms with Gasteiger partial charge in [-0.15, -0.1) is 0 Å². The van der Waals surface area contributed by atoms with Gasteiger partial charge in [0.15, 0.2) is 0 Å². The van der Waals surface area contributed by atoms with Crippen LogP contribution in [0.3, 0.4) is 0 Å². The molecule has 3 nitrogen and oxygen atoms in total. The fourth-order valence-electron chi connectivity index (χ4n) is 0.211. The Labute approximate surface area is 43.5 Å². The second-order valence-electron chi connectivity index (χ2n) is 1.51. The summed E-state index contributed by atoms with van der Waals surface area (Å²) in [5, 5.41) is 10.3. The second-order valence-corrected chi connectivity index (χ2v) is 1.51. The van der Waals surface area contributed by atoms with E-state index in [1.165, 1.54) is 12.0 Å². The van der Waals surface area contributed by atoms with E-state index in [1.807, 2.05) is 0 Å². The van der Waals surface area contributed by atoms with Crippen molar-refractivity contribution in [3.05, 3.63) is 0 Å². The number of ether oxygens (including phenoxy) is 1. The SMILES string of the molecule is COC([O])N(C)C. The van der Waals surface area contributed by atoms with E-state index in [9.17, 15) is 5.11 Å². The van der Waals surface area contributed by atoms with E-state index in [0.29, 0.717) is 0 Å². The van der Waals surface area contributed by atoms with Gasteiger partial charge in [0.05, 0.1) is 0 Å². The molecule has 0 N–H and O–H groups in total. The zero-order valence-electron chi connectivity index (χ0n) is 4.84. The normalized spacial score (nSPS) is 15.0. The Morgan fingerprint density at radius 1 is 1.57 bits per heavy atom. The molecule has 0 bridgehead atoms. The Morgan fingerprint density at radius 2 is 2.00 bits per heavy atom. The van der Waals surface area contributed by atoms with E-state index in [2.05, 4.69) is 4.74 Å². The molecule has 0 amide bonds. The maximum Gasteiger partial charge on any atom is 0.249 e. The maximum atomic E-state index is 10.3. The number of hydrogen-bond acceptors (Lipinski definition) is 2. The van der Waals surface area contributed by atoms with Crippen molar-refractivity contribution < 1.29 is 9.84 Å². The summed E-state index contributed by atoms with van der Waals surface area (Å²) in [6.07, 6.45) is -1.01. The number of hydrogen-bond donors (Lipinski definition) is 0. The molecule has 0 aliphatic rings. The lowest BCUT2D eigenvalue weighted by atomic mass is 10.9. The smallest absolute Gasteiger partial charge is 0.249 e. The van der Waals surface area contributed by atoms with Gasteiger partial charge in [-0.2, -0.15) is 5.11 Å². The van der Waals surface area contributed by atoms with Crippen molar-refractivity contribution in [3.63, 3.8) is 0 Å². The van der Waals surface area contributed by atoms with Crippen LogP contribution in [0.15, 0.2) is 0 Å². The molecule has 1 unspecified atom stereocenters. The van der Waals surface area contributed by atoms with E-state index in [0.717, 1.165) is 0 Å². The highest BCUT2D eigenvalue weighted by molar-refractivity contribution is 4.29. The topological polar surface area (TPSA) is 32.4 Å². The number of methoxy groups -OCH3 is 1. The van der Waals surface area contributed by atoms with Gasteiger partial charge in [0.2, 0.25) is 6.41 Å². The van der Waals surface area contributed by atoms with Crippen LogP contribution in [-0.4, -0.2) is 32.5 Å². The highest BCUT2D eigenvalue weighted by Gasteiger charge is 2.02. The van der Waals surface area contributed by atoms with Crippen LogP contribution < -0.4 is 0 Å². The summed E-state index contributed by atoms with van der Waals surface area (Å²) in [4.78, 5) is 1.44. The van der Waals surface area contributed by atoms with E-state index in [1.54, 1.807) is 14.1 Å². The van der Waals surface area contributed by atoms with Crippen LogP contribution in [0.25, 0.3) is 0 Å². The fraction of sp³-hybridized carbons (Fsp3) is 1.00. The predicted molar refractivity (Wildman–Crippen MR) is 25.2 cm³/mol. The molecule has 7 heavy (non-hydrogen) atoms. The zero-order valence-corrected chi connectivity index (χ0v) is 4.84. The van der Waals surface area contributed by atoms with Crippen LogP contribution in [0, 0.1) is 0 Å². The van der Waals surface area contributed by atoms with Gasteiger partial charge in [0.1, 0.15) is 0 Å². The fourth-order valence-corrected chi connectivity index (χ4v) is 0.211. The average Bonchev–Trinajstić information content (AvgIpc) is 1.65. The summed E-state index contributed by atoms with van der Waals surface area (Å²) in [5.74, 6) is 0. The van der Waals surface area contributed by atoms with Crippen LogP contribution in [-0.2, 0) is 9.84 Å². The summed E-state index contributed by atoms with van der Waals surface area (Å²) < 4.78 is 4.38. The Balaban J connectivity index is 3.14. The predicted octanol–water partition coefficient (Wildman–Crippen LogP) is -0.0915. The monoisotopic (exact) mass is 104 g/mol. The third kappa shape index (κ3) is 2.56. The molecular weight excluding hydrogens is 94.0 g/mol. The molecule has 43 valence electrons. The lowest BCUT2D eigenvalue weighted by Gasteiger charge is -2.12. The maximum absolute atomic E-state index is 10.3. The minimum absolute atomic E-state index is 1.01. The number of nitrogens with zero attached hydrogens (tertiary/aromatic N) is 1. The van der Waals surface area contributed by atoms with E-state index in [4.69, 9.17) is 0 Å². The van der Waals surface area contributed by atoms with Crippen molar-refractivity contribution >= 4 is 0 Å². The zero-order chi connectivity index (χ0) is 5.86. The Hall–Kier alpha value is -0.120. The molecule has 0 spiro atoms. The first-order valence-corrected chi connectivity index (χ1v) is 2.03. The molecule has 0 aliphatic heterocycles. The first-order chi connectivity index (χ1) is 3.18. The minimum Gasteiger partial charge on any atom is -0.341 e. The molecule has 3 heteroatoms. The number of rotatable bonds is 2. The first-order valence-electron chi connectivity index (χ1n) is 2.03. The van der Waals surface area contributed by atoms with Crippen LogP contribution in [0.4, 0.5) is 0 Å². The third-order valence-electron chi connectivity index (χ3n) is 0.623. The molecular formula is C4H10NO2. The van der Waals surface area contributed by atoms with Crippen molar-refractivity contribution in [2.24, 2.45) is 0 Å². The van der Waals surface area contributed by atoms with Gasteiger partial charge in [0, 0.05) is 7.11 Å². The molecule has 0 heterocycles. The van der Waals surface area contributed by atoms with Gasteiger partial charge in [-0.05, 0) is 14.1 Å². The summed E-state index contributed by atoms with van der Waals surface area (Å²) in [7, 11) is 4.72. The molecule has 0 saturated carbocycles. The van der Waals surface area contributed by atoms with Crippen LogP contribution >= 0.6 is 0 Å². The minimum atomic E-state index is -1.01. The molecule has 0 rings (SSSR count). The van der Waals surface area contributed by atoms with Crippen molar-refractivity contribution in [2.45, 2.75) is 6.41 Å². The summed E-state index contributed by atoms with van der Waals surface area (Å²) in [5.41, 5.74) is 0. The molecule has 0 fully saturated rings. The molecule has 1 radical (unpaired) electrons. The molecule has 0 aromatic rings. The van der Waals surface area contributed by atoms with Crippen molar-refractivity contribution in [1.82, 2.24) is 4.90 Å². The highest BCUT2D eigenvalue weighted by Crippen LogP contribution is 1.85. The van der Waals surface area contributed by atoms with E-state index < -0.39 is 6.41 Å². The lowest BCUT2D eigenvalue weighted by molar-refractivity contribution is -0.196. The van der Waals surface area contributed by atoms with Crippen molar-refractivity contribution in [3.8, 4) is 0 Å². The standard InChI is InChI=1S/C4H10NO2/c1-5(2)4(6)7-3/h4H,1-3H3. The molecule has 1 atom stereocenters. The highest BCUT2D eigenvalue weighted by atomic mass is 16.6. The van der Waals surface area contributed by atoms with Gasteiger partial charge in [-0.25, -0.2) is 0 Å². The van der Waals surface area contributed by atoms with Crippen LogP contribution in [0.1, 0.15) is 0 Å². The summed E-state index contributed by atoms with van der Waals surface area (Å²) in [6.45, 7) is 0. The van der Waals surface area contributed by atoms with Crippen LogP contribution in [0.2, 0.25) is 0 Å². The van der Waals surface area contributed by atoms with Crippen molar-refractivity contribution in [1.29, 1.82) is 0 Å². The molecule has 0 aromatic heterocycles. The van der Waals surface area contributed by atoms with Crippen LogP contribution in [0.5, 0.6) is 0 Å². The second kappa shape index (κ2) is 2.96. The lowest BCUT2D eigenvalue weighted by Crippen LogP contribution is -2.27. The van der Waals surface area contributed by atoms with Gasteiger partial charge in [0.25, 0.3) is 0 Å². The van der Waals surface area contributed by atoms with Gasteiger partial charge < -0.3 is 4.74 Å². The Bertz CT molecular complexity index is 47.0.